The van der Waals surface area contributed by atoms with Crippen LogP contribution < -0.4 is 10.6 Å². The molecule has 0 aliphatic carbocycles. The first-order chi connectivity index (χ1) is 17.6. The Kier molecular flexibility index (Phi) is 6.77. The summed E-state index contributed by atoms with van der Waals surface area (Å²) in [6.07, 6.45) is 5.39. The zero-order chi connectivity index (χ0) is 25.1. The number of fused-ring (bicyclic) bond motifs is 1. The Hall–Kier alpha value is -4.05. The third-order valence-corrected chi connectivity index (χ3v) is 7.48. The number of imidazole rings is 1. The summed E-state index contributed by atoms with van der Waals surface area (Å²) in [7, 11) is 1.80. The monoisotopic (exact) mass is 501 g/mol. The Bertz CT molecular complexity index is 1430. The lowest BCUT2D eigenvalue weighted by Gasteiger charge is -2.21. The smallest absolute Gasteiger partial charge is 0.268 e. The fourth-order valence-corrected chi connectivity index (χ4v) is 5.45. The van der Waals surface area contributed by atoms with Gasteiger partial charge in [0.05, 0.1) is 26.5 Å². The molecule has 3 aromatic heterocycles. The van der Waals surface area contributed by atoms with Crippen molar-refractivity contribution in [3.05, 3.63) is 66.3 Å². The lowest BCUT2D eigenvalue weighted by molar-refractivity contribution is -0.125. The van der Waals surface area contributed by atoms with E-state index in [0.29, 0.717) is 29.7 Å². The summed E-state index contributed by atoms with van der Waals surface area (Å²) in [5, 5.41) is 6.05. The van der Waals surface area contributed by atoms with Gasteiger partial charge in [0, 0.05) is 32.2 Å². The van der Waals surface area contributed by atoms with Gasteiger partial charge in [0.15, 0.2) is 0 Å². The number of thiophene rings is 1. The van der Waals surface area contributed by atoms with Gasteiger partial charge in [0.1, 0.15) is 12.1 Å². The van der Waals surface area contributed by atoms with Gasteiger partial charge in [-0.15, -0.1) is 11.3 Å². The highest BCUT2D eigenvalue weighted by Crippen LogP contribution is 2.32. The van der Waals surface area contributed by atoms with Crippen LogP contribution in [0.15, 0.2) is 61.4 Å². The maximum Gasteiger partial charge on any atom is 0.268 e. The van der Waals surface area contributed by atoms with Crippen molar-refractivity contribution in [3.8, 4) is 10.6 Å². The van der Waals surface area contributed by atoms with Crippen LogP contribution >= 0.6 is 11.3 Å². The van der Waals surface area contributed by atoms with Crippen molar-refractivity contribution in [1.82, 2.24) is 24.4 Å². The molecule has 1 aliphatic heterocycles. The van der Waals surface area contributed by atoms with Crippen molar-refractivity contribution in [2.45, 2.75) is 25.3 Å². The molecule has 4 aromatic rings. The molecule has 2 amide bonds. The van der Waals surface area contributed by atoms with E-state index in [1.165, 1.54) is 23.7 Å². The summed E-state index contributed by atoms with van der Waals surface area (Å²) >= 11 is 1.37. The van der Waals surface area contributed by atoms with Crippen LogP contribution in [0.2, 0.25) is 0 Å². The quantitative estimate of drug-likeness (QED) is 0.375. The topological polar surface area (TPSA) is 105 Å². The molecule has 1 atom stereocenters. The van der Waals surface area contributed by atoms with Crippen molar-refractivity contribution >= 4 is 46.0 Å². The highest BCUT2D eigenvalue weighted by Gasteiger charge is 2.25. The molecule has 0 spiro atoms. The van der Waals surface area contributed by atoms with Gasteiger partial charge in [-0.3, -0.25) is 14.9 Å². The van der Waals surface area contributed by atoms with Crippen LogP contribution in [0.25, 0.3) is 21.6 Å². The number of hydrogen-bond acceptors (Lipinski definition) is 7. The molecule has 2 N–H and O–H groups in total. The van der Waals surface area contributed by atoms with Gasteiger partial charge in [0.25, 0.3) is 5.91 Å². The van der Waals surface area contributed by atoms with Crippen LogP contribution in [0.4, 0.5) is 11.8 Å². The molecule has 0 unspecified atom stereocenters. The number of amides is 2. The Morgan fingerprint density at radius 1 is 1.14 bits per heavy atom. The number of likely N-dealkylation sites (tertiary alicyclic amines) is 1. The van der Waals surface area contributed by atoms with Gasteiger partial charge in [0.2, 0.25) is 11.9 Å². The molecule has 1 aromatic carbocycles. The van der Waals surface area contributed by atoms with Gasteiger partial charge in [-0.05, 0) is 49.6 Å². The maximum absolute atomic E-state index is 13.3. The highest BCUT2D eigenvalue weighted by atomic mass is 32.1. The van der Waals surface area contributed by atoms with E-state index in [1.54, 1.807) is 13.1 Å². The average Bonchev–Trinajstić information content (AvgIpc) is 3.47. The molecular weight excluding hydrogens is 474 g/mol. The molecule has 184 valence electrons. The van der Waals surface area contributed by atoms with Crippen molar-refractivity contribution in [2.75, 3.05) is 30.8 Å². The number of benzene rings is 1. The number of rotatable bonds is 6. The molecule has 10 heteroatoms. The number of nitrogens with zero attached hydrogens (tertiary/aromatic N) is 5. The Morgan fingerprint density at radius 2 is 2.00 bits per heavy atom. The fourth-order valence-electron chi connectivity index (χ4n) is 4.58. The van der Waals surface area contributed by atoms with Gasteiger partial charge >= 0.3 is 0 Å². The summed E-state index contributed by atoms with van der Waals surface area (Å²) in [5.41, 5.74) is 2.54. The molecular formula is C26H27N7O2S. The van der Waals surface area contributed by atoms with E-state index in [1.807, 2.05) is 41.3 Å². The highest BCUT2D eigenvalue weighted by molar-refractivity contribution is 7.17. The number of hydrogen-bond donors (Lipinski definition) is 2. The molecule has 1 fully saturated rings. The van der Waals surface area contributed by atoms with E-state index in [-0.39, 0.29) is 17.9 Å². The van der Waals surface area contributed by atoms with Gasteiger partial charge in [-0.2, -0.15) is 0 Å². The Labute approximate surface area is 212 Å². The van der Waals surface area contributed by atoms with Crippen molar-refractivity contribution in [1.29, 1.82) is 0 Å². The molecule has 36 heavy (non-hydrogen) atoms. The molecule has 0 radical (unpaired) electrons. The van der Waals surface area contributed by atoms with Crippen LogP contribution in [-0.4, -0.2) is 56.4 Å². The minimum Gasteiger partial charge on any atom is -0.373 e. The lowest BCUT2D eigenvalue weighted by Crippen LogP contribution is -2.30. The van der Waals surface area contributed by atoms with E-state index < -0.39 is 0 Å². The second kappa shape index (κ2) is 10.3. The summed E-state index contributed by atoms with van der Waals surface area (Å²) in [6, 6.07) is 13.5. The largest absolute Gasteiger partial charge is 0.373 e. The van der Waals surface area contributed by atoms with E-state index in [9.17, 15) is 9.59 Å². The first kappa shape index (κ1) is 23.7. The number of anilines is 2. The zero-order valence-corrected chi connectivity index (χ0v) is 20.8. The molecule has 1 aliphatic rings. The number of aromatic nitrogens is 4. The number of para-hydroxylation sites is 2. The van der Waals surface area contributed by atoms with E-state index in [4.69, 9.17) is 4.98 Å². The molecule has 0 saturated carbocycles. The Balaban J connectivity index is 1.41. The minimum atomic E-state index is -0.220. The maximum atomic E-state index is 13.3. The standard InChI is InChI=1S/C26H27N7O2S/c1-3-24(34)32-13-6-7-17(12-14-32)33-20-9-5-4-8-18(20)30-26(33)31-25(35)22-11-10-21(36-22)19-15-23(27-2)29-16-28-19/h3-5,8-11,15-17H,1,6-7,12-14H2,2H3,(H,27,28,29)(H,30,31,35)/t17-/m1/s1. The molecule has 9 nitrogen and oxygen atoms in total. The molecule has 4 heterocycles. The van der Waals surface area contributed by atoms with Gasteiger partial charge < -0.3 is 14.8 Å². The SMILES string of the molecule is C=CC(=O)N1CCC[C@@H](n2c(NC(=O)c3ccc(-c4cc(NC)ncn4)s3)nc3ccccc32)CC1. The number of carbonyl (C=O) groups is 2. The van der Waals surface area contributed by atoms with E-state index in [0.717, 1.165) is 40.9 Å². The van der Waals surface area contributed by atoms with Crippen LogP contribution in [0, 0.1) is 0 Å². The summed E-state index contributed by atoms with van der Waals surface area (Å²) < 4.78 is 2.12. The number of carbonyl (C=O) groups excluding carboxylic acids is 2. The summed E-state index contributed by atoms with van der Waals surface area (Å²) in [6.45, 7) is 4.95. The predicted molar refractivity (Wildman–Crippen MR) is 142 cm³/mol. The Morgan fingerprint density at radius 3 is 2.83 bits per heavy atom. The van der Waals surface area contributed by atoms with Crippen molar-refractivity contribution < 1.29 is 9.59 Å². The zero-order valence-electron chi connectivity index (χ0n) is 20.0. The molecule has 5 rings (SSSR count). The predicted octanol–water partition coefficient (Wildman–Crippen LogP) is 4.59. The summed E-state index contributed by atoms with van der Waals surface area (Å²) in [4.78, 5) is 41.9. The first-order valence-electron chi connectivity index (χ1n) is 11.9. The average molecular weight is 502 g/mol. The van der Waals surface area contributed by atoms with Crippen LogP contribution in [0.1, 0.15) is 35.0 Å². The van der Waals surface area contributed by atoms with E-state index in [2.05, 4.69) is 31.7 Å². The normalized spacial score (nSPS) is 15.9. The van der Waals surface area contributed by atoms with Crippen LogP contribution in [0.5, 0.6) is 0 Å². The second-order valence-electron chi connectivity index (χ2n) is 8.56. The minimum absolute atomic E-state index is 0.0429. The molecule has 1 saturated heterocycles. The van der Waals surface area contributed by atoms with Crippen LogP contribution in [-0.2, 0) is 4.79 Å². The molecule has 0 bridgehead atoms. The lowest BCUT2D eigenvalue weighted by atomic mass is 10.1. The van der Waals surface area contributed by atoms with Crippen molar-refractivity contribution in [3.63, 3.8) is 0 Å². The fraction of sp³-hybridized carbons (Fsp3) is 0.269. The van der Waals surface area contributed by atoms with Gasteiger partial charge in [-0.1, -0.05) is 18.7 Å². The number of nitrogens with one attached hydrogen (secondary N) is 2. The summed E-state index contributed by atoms with van der Waals surface area (Å²) in [5.74, 6) is 0.968. The van der Waals surface area contributed by atoms with E-state index >= 15 is 0 Å². The van der Waals surface area contributed by atoms with Gasteiger partial charge in [-0.25, -0.2) is 15.0 Å². The van der Waals surface area contributed by atoms with Crippen LogP contribution in [0.3, 0.4) is 0 Å². The first-order valence-corrected chi connectivity index (χ1v) is 12.7. The second-order valence-corrected chi connectivity index (χ2v) is 9.65. The van der Waals surface area contributed by atoms with Crippen molar-refractivity contribution in [2.24, 2.45) is 0 Å². The third-order valence-electron chi connectivity index (χ3n) is 6.38. The third kappa shape index (κ3) is 4.72.